The first-order chi connectivity index (χ1) is 15.5. The van der Waals surface area contributed by atoms with Crippen molar-refractivity contribution in [3.05, 3.63) is 66.0 Å². The Morgan fingerprint density at radius 1 is 1.00 bits per heavy atom. The summed E-state index contributed by atoms with van der Waals surface area (Å²) >= 11 is 0. The fourth-order valence-corrected chi connectivity index (χ4v) is 3.95. The number of aryl methyl sites for hydroxylation is 1. The van der Waals surface area contributed by atoms with Gasteiger partial charge < -0.3 is 15.6 Å². The maximum atomic E-state index is 12.2. The van der Waals surface area contributed by atoms with Gasteiger partial charge in [0.05, 0.1) is 22.5 Å². The Labute approximate surface area is 199 Å². The average Bonchev–Trinajstić information content (AvgIpc) is 3.30. The van der Waals surface area contributed by atoms with E-state index < -0.39 is 11.0 Å². The van der Waals surface area contributed by atoms with E-state index in [0.29, 0.717) is 35.4 Å². The van der Waals surface area contributed by atoms with Gasteiger partial charge in [-0.05, 0) is 63.8 Å². The summed E-state index contributed by atoms with van der Waals surface area (Å²) in [7, 11) is 2.35. The second-order valence-electron chi connectivity index (χ2n) is 7.42. The van der Waals surface area contributed by atoms with Crippen molar-refractivity contribution in [2.75, 3.05) is 20.6 Å². The SMILES string of the molecule is Cc1ncc(-c2ccc(S(=O)N(C)C)cc2)nc1-c1nnc(-c2ccc(CCN)cc2)o1.O.[HH].[HH].[HH]. The highest BCUT2D eigenvalue weighted by Crippen LogP contribution is 2.27. The van der Waals surface area contributed by atoms with Crippen LogP contribution in [-0.4, -0.2) is 54.8 Å². The van der Waals surface area contributed by atoms with Crippen LogP contribution in [0.2, 0.25) is 0 Å². The zero-order valence-electron chi connectivity index (χ0n) is 18.6. The van der Waals surface area contributed by atoms with Gasteiger partial charge in [0.15, 0.2) is 0 Å². The third-order valence-electron chi connectivity index (χ3n) is 4.90. The minimum atomic E-state index is -1.20. The molecule has 0 amide bonds. The number of hydrogen-bond donors (Lipinski definition) is 1. The van der Waals surface area contributed by atoms with E-state index in [1.54, 1.807) is 24.6 Å². The number of hydrogen-bond acceptors (Lipinski definition) is 7. The number of nitrogens with zero attached hydrogens (tertiary/aromatic N) is 5. The third kappa shape index (κ3) is 5.37. The molecule has 0 aliphatic rings. The van der Waals surface area contributed by atoms with Crippen molar-refractivity contribution in [2.24, 2.45) is 5.73 Å². The zero-order chi connectivity index (χ0) is 22.7. The fourth-order valence-electron chi connectivity index (χ4n) is 3.16. The van der Waals surface area contributed by atoms with E-state index in [0.717, 1.165) is 28.0 Å². The van der Waals surface area contributed by atoms with Crippen LogP contribution in [0.25, 0.3) is 34.3 Å². The van der Waals surface area contributed by atoms with Crippen LogP contribution < -0.4 is 5.73 Å². The summed E-state index contributed by atoms with van der Waals surface area (Å²) in [5.74, 6) is 0.727. The molecule has 2 aromatic carbocycles. The van der Waals surface area contributed by atoms with Crippen LogP contribution in [0.15, 0.2) is 64.0 Å². The lowest BCUT2D eigenvalue weighted by atomic mass is 10.1. The van der Waals surface area contributed by atoms with E-state index >= 15 is 0 Å². The van der Waals surface area contributed by atoms with Gasteiger partial charge in [-0.15, -0.1) is 10.2 Å². The summed E-state index contributed by atoms with van der Waals surface area (Å²) in [6, 6.07) is 15.3. The summed E-state index contributed by atoms with van der Waals surface area (Å²) in [5, 5.41) is 8.37. The van der Waals surface area contributed by atoms with E-state index in [-0.39, 0.29) is 9.76 Å². The fraction of sp³-hybridized carbons (Fsp3) is 0.217. The molecule has 1 atom stereocenters. The lowest BCUT2D eigenvalue weighted by molar-refractivity contribution is 0.581. The van der Waals surface area contributed by atoms with Gasteiger partial charge in [-0.1, -0.05) is 24.3 Å². The predicted octanol–water partition coefficient (Wildman–Crippen LogP) is 3.17. The summed E-state index contributed by atoms with van der Waals surface area (Å²) in [6.45, 7) is 2.45. The zero-order valence-corrected chi connectivity index (χ0v) is 19.5. The van der Waals surface area contributed by atoms with Crippen molar-refractivity contribution >= 4 is 11.0 Å². The molecule has 9 nitrogen and oxygen atoms in total. The lowest BCUT2D eigenvalue weighted by Gasteiger charge is -2.10. The van der Waals surface area contributed by atoms with Crippen LogP contribution in [0, 0.1) is 6.92 Å². The highest BCUT2D eigenvalue weighted by Gasteiger charge is 2.16. The molecule has 0 aliphatic carbocycles. The summed E-state index contributed by atoms with van der Waals surface area (Å²) in [6.07, 6.45) is 2.52. The molecule has 33 heavy (non-hydrogen) atoms. The molecular formula is C23H32N6O3S. The van der Waals surface area contributed by atoms with Crippen molar-refractivity contribution in [3.63, 3.8) is 0 Å². The minimum absolute atomic E-state index is 0. The van der Waals surface area contributed by atoms with Gasteiger partial charge in [0, 0.05) is 15.4 Å². The molecule has 0 aliphatic heterocycles. The lowest BCUT2D eigenvalue weighted by Crippen LogP contribution is -2.15. The molecule has 1 unspecified atom stereocenters. The molecule has 0 saturated heterocycles. The van der Waals surface area contributed by atoms with Crippen molar-refractivity contribution in [1.29, 1.82) is 0 Å². The normalized spacial score (nSPS) is 11.9. The van der Waals surface area contributed by atoms with Crippen molar-refractivity contribution in [3.8, 4) is 34.3 Å². The molecule has 0 fully saturated rings. The molecule has 4 rings (SSSR count). The first-order valence-corrected chi connectivity index (χ1v) is 11.2. The predicted molar refractivity (Wildman–Crippen MR) is 134 cm³/mol. The van der Waals surface area contributed by atoms with Gasteiger partial charge in [-0.3, -0.25) is 4.98 Å². The van der Waals surface area contributed by atoms with Gasteiger partial charge in [-0.25, -0.2) is 13.5 Å². The summed E-state index contributed by atoms with van der Waals surface area (Å²) in [5.41, 5.74) is 10.3. The number of nitrogens with two attached hydrogens (primary N) is 1. The Bertz CT molecular complexity index is 1250. The first kappa shape index (κ1) is 24.3. The molecule has 4 aromatic rings. The van der Waals surface area contributed by atoms with Gasteiger partial charge in [0.1, 0.15) is 16.7 Å². The standard InChI is InChI=1S/C23H24N6O2S.H2O.3H2/c1-15-21(23-28-27-22(31-23)18-6-4-16(5-7-18)12-13-24)26-20(14-25-15)17-8-10-19(11-9-17)32(30)29(2)3;;;;/h4-11,14H,12-13,24H2,1-3H3;1H2;3*1H. The highest BCUT2D eigenvalue weighted by molar-refractivity contribution is 7.82. The van der Waals surface area contributed by atoms with Crippen LogP contribution in [0.3, 0.4) is 0 Å². The molecule has 0 saturated carbocycles. The van der Waals surface area contributed by atoms with E-state index in [1.807, 2.05) is 55.5 Å². The maximum Gasteiger partial charge on any atom is 0.268 e. The van der Waals surface area contributed by atoms with E-state index in [2.05, 4.69) is 15.2 Å². The Morgan fingerprint density at radius 2 is 1.64 bits per heavy atom. The van der Waals surface area contributed by atoms with Crippen molar-refractivity contribution in [2.45, 2.75) is 18.2 Å². The van der Waals surface area contributed by atoms with Crippen LogP contribution >= 0.6 is 0 Å². The largest absolute Gasteiger partial charge is 0.415 e. The molecule has 4 N–H and O–H groups in total. The molecule has 2 aromatic heterocycles. The molecular weight excluding hydrogens is 440 g/mol. The smallest absolute Gasteiger partial charge is 0.268 e. The summed E-state index contributed by atoms with van der Waals surface area (Å²) in [4.78, 5) is 9.89. The Kier molecular flexibility index (Phi) is 7.77. The quantitative estimate of drug-likeness (QED) is 0.435. The van der Waals surface area contributed by atoms with Crippen LogP contribution in [0.1, 0.15) is 15.5 Å². The number of benzene rings is 2. The molecule has 178 valence electrons. The van der Waals surface area contributed by atoms with Crippen molar-refractivity contribution < 1.29 is 18.4 Å². The number of aromatic nitrogens is 4. The average molecular weight is 473 g/mol. The van der Waals surface area contributed by atoms with E-state index in [4.69, 9.17) is 15.1 Å². The Morgan fingerprint density at radius 3 is 2.27 bits per heavy atom. The molecule has 0 bridgehead atoms. The molecule has 0 spiro atoms. The minimum Gasteiger partial charge on any atom is -0.415 e. The van der Waals surface area contributed by atoms with Gasteiger partial charge in [-0.2, -0.15) is 0 Å². The Hall–Kier alpha value is -3.31. The molecule has 0 radical (unpaired) electrons. The third-order valence-corrected chi connectivity index (χ3v) is 6.24. The van der Waals surface area contributed by atoms with Crippen LogP contribution in [-0.2, 0) is 17.4 Å². The maximum absolute atomic E-state index is 12.2. The van der Waals surface area contributed by atoms with E-state index in [1.165, 1.54) is 0 Å². The van der Waals surface area contributed by atoms with E-state index in [9.17, 15) is 4.21 Å². The topological polar surface area (TPSA) is 143 Å². The first-order valence-electron chi connectivity index (χ1n) is 10.1. The van der Waals surface area contributed by atoms with Gasteiger partial charge >= 0.3 is 0 Å². The highest BCUT2D eigenvalue weighted by atomic mass is 32.2. The summed E-state index contributed by atoms with van der Waals surface area (Å²) < 4.78 is 19.8. The molecule has 2 heterocycles. The van der Waals surface area contributed by atoms with Crippen LogP contribution in [0.5, 0.6) is 0 Å². The Balaban J connectivity index is 0.00000306. The van der Waals surface area contributed by atoms with Gasteiger partial charge in [0.2, 0.25) is 5.89 Å². The van der Waals surface area contributed by atoms with Crippen LogP contribution in [0.4, 0.5) is 0 Å². The molecule has 10 heteroatoms. The van der Waals surface area contributed by atoms with Gasteiger partial charge in [0.25, 0.3) is 5.89 Å². The van der Waals surface area contributed by atoms with Crippen molar-refractivity contribution in [1.82, 2.24) is 24.5 Å². The monoisotopic (exact) mass is 472 g/mol. The second kappa shape index (κ2) is 10.5. The number of rotatable bonds is 7. The second-order valence-corrected chi connectivity index (χ2v) is 9.12.